The summed E-state index contributed by atoms with van der Waals surface area (Å²) < 4.78 is 0. The summed E-state index contributed by atoms with van der Waals surface area (Å²) in [6, 6.07) is 7.63. The van der Waals surface area contributed by atoms with Crippen molar-refractivity contribution in [2.24, 2.45) is 5.10 Å². The van der Waals surface area contributed by atoms with Crippen molar-refractivity contribution in [3.63, 3.8) is 0 Å². The minimum Gasteiger partial charge on any atom is -0.271 e. The molecule has 2 aromatic rings. The van der Waals surface area contributed by atoms with Gasteiger partial charge in [0.25, 0.3) is 5.91 Å². The Kier molecular flexibility index (Phi) is 4.34. The van der Waals surface area contributed by atoms with Crippen molar-refractivity contribution in [2.75, 3.05) is 0 Å². The van der Waals surface area contributed by atoms with Crippen LogP contribution in [0.2, 0.25) is 0 Å². The van der Waals surface area contributed by atoms with Gasteiger partial charge >= 0.3 is 0 Å². The molecule has 0 bridgehead atoms. The van der Waals surface area contributed by atoms with E-state index in [2.05, 4.69) is 32.4 Å². The van der Waals surface area contributed by atoms with Gasteiger partial charge in [-0.05, 0) is 23.9 Å². The summed E-state index contributed by atoms with van der Waals surface area (Å²) in [6.45, 7) is 0. The SMILES string of the molecule is O=C(N/N=C/c1cccnc1)C1CC(c2cccs2)NN1. The highest BCUT2D eigenvalue weighted by Crippen LogP contribution is 2.25. The Hall–Kier alpha value is -2.09. The number of hydrogen-bond donors (Lipinski definition) is 3. The number of carbonyl (C=O) groups is 1. The molecule has 2 unspecified atom stereocenters. The number of aromatic nitrogens is 1. The van der Waals surface area contributed by atoms with Crippen molar-refractivity contribution in [1.82, 2.24) is 21.3 Å². The highest BCUT2D eigenvalue weighted by molar-refractivity contribution is 7.10. The van der Waals surface area contributed by atoms with Gasteiger partial charge in [-0.2, -0.15) is 5.10 Å². The van der Waals surface area contributed by atoms with Gasteiger partial charge in [0.2, 0.25) is 0 Å². The third-order valence-corrected chi connectivity index (χ3v) is 4.17. The first-order chi connectivity index (χ1) is 10.3. The zero-order chi connectivity index (χ0) is 14.5. The fraction of sp³-hybridized carbons (Fsp3) is 0.214. The van der Waals surface area contributed by atoms with E-state index in [0.717, 1.165) is 5.56 Å². The lowest BCUT2D eigenvalue weighted by atomic mass is 10.1. The number of pyridine rings is 1. The molecule has 2 aromatic heterocycles. The first-order valence-corrected chi connectivity index (χ1v) is 7.48. The predicted molar refractivity (Wildman–Crippen MR) is 81.7 cm³/mol. The number of hydrogen-bond acceptors (Lipinski definition) is 6. The topological polar surface area (TPSA) is 78.4 Å². The average Bonchev–Trinajstić information content (AvgIpc) is 3.19. The maximum Gasteiger partial charge on any atom is 0.258 e. The summed E-state index contributed by atoms with van der Waals surface area (Å²) >= 11 is 1.68. The molecule has 1 aliphatic rings. The number of hydrazine groups is 1. The Labute approximate surface area is 126 Å². The van der Waals surface area contributed by atoms with Crippen LogP contribution in [-0.4, -0.2) is 23.1 Å². The molecule has 1 amide bonds. The Morgan fingerprint density at radius 1 is 1.43 bits per heavy atom. The molecule has 21 heavy (non-hydrogen) atoms. The molecule has 0 saturated carbocycles. The van der Waals surface area contributed by atoms with Crippen LogP contribution in [0.1, 0.15) is 22.9 Å². The highest BCUT2D eigenvalue weighted by Gasteiger charge is 2.30. The van der Waals surface area contributed by atoms with Gasteiger partial charge in [-0.1, -0.05) is 12.1 Å². The Balaban J connectivity index is 1.51. The Morgan fingerprint density at radius 3 is 3.14 bits per heavy atom. The molecule has 0 radical (unpaired) electrons. The first-order valence-electron chi connectivity index (χ1n) is 6.60. The smallest absolute Gasteiger partial charge is 0.258 e. The van der Waals surface area contributed by atoms with Gasteiger partial charge in [-0.3, -0.25) is 9.78 Å². The molecular formula is C14H15N5OS. The molecule has 108 valence electrons. The van der Waals surface area contributed by atoms with E-state index in [9.17, 15) is 4.79 Å². The van der Waals surface area contributed by atoms with Crippen LogP contribution in [0.5, 0.6) is 0 Å². The van der Waals surface area contributed by atoms with Crippen molar-refractivity contribution in [2.45, 2.75) is 18.5 Å². The molecule has 2 atom stereocenters. The van der Waals surface area contributed by atoms with Crippen LogP contribution in [0.4, 0.5) is 0 Å². The summed E-state index contributed by atoms with van der Waals surface area (Å²) in [5.74, 6) is -0.151. The number of rotatable bonds is 4. The van der Waals surface area contributed by atoms with E-state index in [1.54, 1.807) is 29.9 Å². The number of nitrogens with one attached hydrogen (secondary N) is 3. The van der Waals surface area contributed by atoms with E-state index in [-0.39, 0.29) is 18.0 Å². The lowest BCUT2D eigenvalue weighted by molar-refractivity contribution is -0.122. The van der Waals surface area contributed by atoms with Crippen LogP contribution in [0.15, 0.2) is 47.1 Å². The molecule has 1 aliphatic heterocycles. The monoisotopic (exact) mass is 301 g/mol. The summed E-state index contributed by atoms with van der Waals surface area (Å²) in [4.78, 5) is 17.2. The lowest BCUT2D eigenvalue weighted by Gasteiger charge is -2.06. The maximum absolute atomic E-state index is 12.0. The van der Waals surface area contributed by atoms with Crippen LogP contribution in [0, 0.1) is 0 Å². The zero-order valence-corrected chi connectivity index (χ0v) is 12.0. The van der Waals surface area contributed by atoms with Crippen molar-refractivity contribution in [3.8, 4) is 0 Å². The number of hydrazone groups is 1. The third kappa shape index (κ3) is 3.52. The maximum atomic E-state index is 12.0. The third-order valence-electron chi connectivity index (χ3n) is 3.18. The molecule has 3 N–H and O–H groups in total. The highest BCUT2D eigenvalue weighted by atomic mass is 32.1. The fourth-order valence-corrected chi connectivity index (χ4v) is 2.90. The lowest BCUT2D eigenvalue weighted by Crippen LogP contribution is -2.41. The van der Waals surface area contributed by atoms with E-state index < -0.39 is 0 Å². The van der Waals surface area contributed by atoms with Gasteiger partial charge in [0.05, 0.1) is 12.3 Å². The number of thiophene rings is 1. The van der Waals surface area contributed by atoms with E-state index in [0.29, 0.717) is 6.42 Å². The Bertz CT molecular complexity index is 614. The molecule has 0 aromatic carbocycles. The molecule has 1 saturated heterocycles. The largest absolute Gasteiger partial charge is 0.271 e. The van der Waals surface area contributed by atoms with Crippen molar-refractivity contribution in [3.05, 3.63) is 52.5 Å². The van der Waals surface area contributed by atoms with Gasteiger partial charge in [-0.25, -0.2) is 16.3 Å². The van der Waals surface area contributed by atoms with Crippen molar-refractivity contribution >= 4 is 23.5 Å². The standard InChI is InChI=1S/C14H15N5OS/c20-14(19-16-9-10-3-1-5-15-8-10)12-7-11(17-18-12)13-4-2-6-21-13/h1-6,8-9,11-12,17-18H,7H2,(H,19,20)/b16-9+. The number of carbonyl (C=O) groups excluding carboxylic acids is 1. The van der Waals surface area contributed by atoms with Crippen LogP contribution in [-0.2, 0) is 4.79 Å². The molecule has 0 spiro atoms. The van der Waals surface area contributed by atoms with Crippen LogP contribution < -0.4 is 16.3 Å². The van der Waals surface area contributed by atoms with E-state index in [1.165, 1.54) is 4.88 Å². The molecule has 3 rings (SSSR count). The molecule has 1 fully saturated rings. The summed E-state index contributed by atoms with van der Waals surface area (Å²) in [5, 5.41) is 5.97. The molecule has 0 aliphatic carbocycles. The van der Waals surface area contributed by atoms with Crippen LogP contribution >= 0.6 is 11.3 Å². The molecule has 3 heterocycles. The second kappa shape index (κ2) is 6.57. The zero-order valence-electron chi connectivity index (χ0n) is 11.2. The van der Waals surface area contributed by atoms with Gasteiger partial charge in [-0.15, -0.1) is 11.3 Å². The average molecular weight is 301 g/mol. The second-order valence-corrected chi connectivity index (χ2v) is 5.64. The Morgan fingerprint density at radius 2 is 2.38 bits per heavy atom. The second-order valence-electron chi connectivity index (χ2n) is 4.67. The molecule has 7 heteroatoms. The van der Waals surface area contributed by atoms with Gasteiger partial charge in [0.1, 0.15) is 6.04 Å². The quantitative estimate of drug-likeness (QED) is 0.586. The van der Waals surface area contributed by atoms with Gasteiger partial charge in [0, 0.05) is 22.8 Å². The van der Waals surface area contributed by atoms with Crippen LogP contribution in [0.3, 0.4) is 0 Å². The fourth-order valence-electron chi connectivity index (χ4n) is 2.10. The molecule has 6 nitrogen and oxygen atoms in total. The first kappa shape index (κ1) is 13.9. The number of nitrogens with zero attached hydrogens (tertiary/aromatic N) is 2. The van der Waals surface area contributed by atoms with Gasteiger partial charge in [0.15, 0.2) is 0 Å². The van der Waals surface area contributed by atoms with Crippen molar-refractivity contribution < 1.29 is 4.79 Å². The van der Waals surface area contributed by atoms with Crippen LogP contribution in [0.25, 0.3) is 0 Å². The van der Waals surface area contributed by atoms with E-state index >= 15 is 0 Å². The normalized spacial score (nSPS) is 21.7. The predicted octanol–water partition coefficient (Wildman–Crippen LogP) is 1.20. The summed E-state index contributed by atoms with van der Waals surface area (Å²) in [7, 11) is 0. The summed E-state index contributed by atoms with van der Waals surface area (Å²) in [5.41, 5.74) is 9.52. The van der Waals surface area contributed by atoms with Gasteiger partial charge < -0.3 is 0 Å². The molecular weight excluding hydrogens is 286 g/mol. The minimum atomic E-state index is -0.289. The van der Waals surface area contributed by atoms with E-state index in [1.807, 2.05) is 23.6 Å². The van der Waals surface area contributed by atoms with E-state index in [4.69, 9.17) is 0 Å². The summed E-state index contributed by atoms with van der Waals surface area (Å²) in [6.07, 6.45) is 5.64. The minimum absolute atomic E-state index is 0.151. The van der Waals surface area contributed by atoms with Crippen molar-refractivity contribution in [1.29, 1.82) is 0 Å². The number of amides is 1.